The SMILES string of the molecule is CCCCCC/C=C\C/C=C\CCCCCCCC(=O)OC(COC(=O)CCCCCCCCC/C=C\CCCCCCCCC)COC1OC(COC2OC(CO)C(O)C(O)C2O)C(O)C(O)C1O. The first-order valence-electron chi connectivity index (χ1n) is 27.6. The van der Waals surface area contributed by atoms with Gasteiger partial charge in [-0.25, -0.2) is 0 Å². The molecular weight excluding hydrogens is 901 g/mol. The van der Waals surface area contributed by atoms with Crippen LogP contribution < -0.4 is 0 Å². The molecule has 2 heterocycles. The van der Waals surface area contributed by atoms with Crippen molar-refractivity contribution in [2.75, 3.05) is 26.4 Å². The van der Waals surface area contributed by atoms with Crippen LogP contribution in [0.25, 0.3) is 0 Å². The number of unbranched alkanes of at least 4 members (excludes halogenated alkanes) is 23. The fraction of sp³-hybridized carbons (Fsp3) is 0.855. The highest BCUT2D eigenvalue weighted by Gasteiger charge is 2.47. The second-order valence-corrected chi connectivity index (χ2v) is 19.4. The molecule has 2 saturated heterocycles. The number of aliphatic hydroxyl groups is 7. The molecule has 2 aliphatic heterocycles. The van der Waals surface area contributed by atoms with Gasteiger partial charge < -0.3 is 64.2 Å². The van der Waals surface area contributed by atoms with E-state index in [2.05, 4.69) is 50.3 Å². The molecule has 0 bridgehead atoms. The minimum atomic E-state index is -1.77. The predicted molar refractivity (Wildman–Crippen MR) is 270 cm³/mol. The molecule has 0 aromatic rings. The molecule has 15 heteroatoms. The number of rotatable bonds is 43. The minimum absolute atomic E-state index is 0.149. The zero-order valence-electron chi connectivity index (χ0n) is 43.3. The summed E-state index contributed by atoms with van der Waals surface area (Å²) in [6.45, 7) is 2.57. The number of allylic oxidation sites excluding steroid dienone is 6. The van der Waals surface area contributed by atoms with Gasteiger partial charge in [0.2, 0.25) is 0 Å². The molecule has 0 aliphatic carbocycles. The molecule has 0 spiro atoms. The molecule has 15 nitrogen and oxygen atoms in total. The number of hydrogen-bond acceptors (Lipinski definition) is 15. The number of hydrogen-bond donors (Lipinski definition) is 7. The van der Waals surface area contributed by atoms with E-state index < -0.39 is 92.7 Å². The summed E-state index contributed by atoms with van der Waals surface area (Å²) in [6, 6.07) is 0. The Hall–Kier alpha value is -2.28. The first kappa shape index (κ1) is 63.8. The average molecular weight is 999 g/mol. The zero-order chi connectivity index (χ0) is 51.0. The van der Waals surface area contributed by atoms with Crippen molar-refractivity contribution >= 4 is 11.9 Å². The first-order chi connectivity index (χ1) is 34.0. The lowest BCUT2D eigenvalue weighted by Crippen LogP contribution is -2.61. The number of esters is 2. The number of ether oxygens (including phenoxy) is 6. The number of carbonyl (C=O) groups is 2. The van der Waals surface area contributed by atoms with Crippen LogP contribution in [0.3, 0.4) is 0 Å². The van der Waals surface area contributed by atoms with E-state index in [1.807, 2.05) is 0 Å². The third-order valence-electron chi connectivity index (χ3n) is 13.1. The Morgan fingerprint density at radius 3 is 1.36 bits per heavy atom. The first-order valence-corrected chi connectivity index (χ1v) is 27.6. The quantitative estimate of drug-likeness (QED) is 0.0173. The van der Waals surface area contributed by atoms with E-state index in [0.29, 0.717) is 12.8 Å². The van der Waals surface area contributed by atoms with Crippen LogP contribution in [-0.4, -0.2) is 142 Å². The molecule has 2 rings (SSSR count). The molecule has 0 saturated carbocycles. The van der Waals surface area contributed by atoms with E-state index in [4.69, 9.17) is 28.4 Å². The van der Waals surface area contributed by atoms with Crippen LogP contribution in [0, 0.1) is 0 Å². The van der Waals surface area contributed by atoms with Gasteiger partial charge in [0.15, 0.2) is 18.7 Å². The van der Waals surface area contributed by atoms with Crippen LogP contribution in [0.5, 0.6) is 0 Å². The lowest BCUT2D eigenvalue weighted by atomic mass is 9.98. The monoisotopic (exact) mass is 999 g/mol. The molecule has 7 N–H and O–H groups in total. The van der Waals surface area contributed by atoms with Crippen LogP contribution in [0.4, 0.5) is 0 Å². The van der Waals surface area contributed by atoms with Crippen molar-refractivity contribution in [2.24, 2.45) is 0 Å². The molecule has 2 fully saturated rings. The van der Waals surface area contributed by atoms with Crippen LogP contribution >= 0.6 is 0 Å². The molecule has 2 aliphatic rings. The van der Waals surface area contributed by atoms with E-state index >= 15 is 0 Å². The van der Waals surface area contributed by atoms with Gasteiger partial charge >= 0.3 is 11.9 Å². The fourth-order valence-electron chi connectivity index (χ4n) is 8.54. The Balaban J connectivity index is 1.79. The van der Waals surface area contributed by atoms with Gasteiger partial charge in [0, 0.05) is 12.8 Å². The molecule has 11 unspecified atom stereocenters. The summed E-state index contributed by atoms with van der Waals surface area (Å²) >= 11 is 0. The van der Waals surface area contributed by atoms with E-state index in [1.165, 1.54) is 96.3 Å². The van der Waals surface area contributed by atoms with E-state index in [0.717, 1.165) is 70.6 Å². The van der Waals surface area contributed by atoms with Crippen LogP contribution in [0.15, 0.2) is 36.5 Å². The summed E-state index contributed by atoms with van der Waals surface area (Å²) in [6.07, 6.45) is 28.8. The van der Waals surface area contributed by atoms with Crippen molar-refractivity contribution in [3.63, 3.8) is 0 Å². The van der Waals surface area contributed by atoms with Gasteiger partial charge in [0.1, 0.15) is 55.4 Å². The molecule has 0 aromatic heterocycles. The molecule has 0 radical (unpaired) electrons. The van der Waals surface area contributed by atoms with E-state index in [9.17, 15) is 45.3 Å². The standard InChI is InChI=1S/C55H98O15/c1-3-5-7-9-11-13-15-17-19-21-22-24-25-27-29-31-33-35-37-46(57)65-40-43(68-47(58)38-36-34-32-30-28-26-23-20-18-16-14-12-10-8-6-4-2)41-66-54-53(64)51(62)49(60)45(70-54)42-67-55-52(63)50(61)48(59)44(39-56)69-55/h14,16,19-21,23,43-45,48-56,59-64H,3-13,15,17-18,22,24-42H2,1-2H3/b16-14-,21-19-,23-20-. The van der Waals surface area contributed by atoms with Gasteiger partial charge in [-0.3, -0.25) is 9.59 Å². The van der Waals surface area contributed by atoms with Crippen molar-refractivity contribution < 1.29 is 73.8 Å². The summed E-state index contributed by atoms with van der Waals surface area (Å²) in [7, 11) is 0. The van der Waals surface area contributed by atoms with Crippen LogP contribution in [0.2, 0.25) is 0 Å². The Bertz CT molecular complexity index is 1360. The summed E-state index contributed by atoms with van der Waals surface area (Å²) in [5.74, 6) is -0.941. The van der Waals surface area contributed by atoms with Gasteiger partial charge in [-0.1, -0.05) is 159 Å². The Morgan fingerprint density at radius 2 is 0.857 bits per heavy atom. The van der Waals surface area contributed by atoms with E-state index in [1.54, 1.807) is 0 Å². The average Bonchev–Trinajstić information content (AvgIpc) is 3.35. The summed E-state index contributed by atoms with van der Waals surface area (Å²) < 4.78 is 33.6. The lowest BCUT2D eigenvalue weighted by Gasteiger charge is -2.42. The summed E-state index contributed by atoms with van der Waals surface area (Å²) in [5, 5.41) is 72.2. The second-order valence-electron chi connectivity index (χ2n) is 19.4. The molecule has 0 aromatic carbocycles. The van der Waals surface area contributed by atoms with Crippen molar-refractivity contribution in [3.8, 4) is 0 Å². The highest BCUT2D eigenvalue weighted by Crippen LogP contribution is 2.26. The van der Waals surface area contributed by atoms with Gasteiger partial charge in [0.05, 0.1) is 19.8 Å². The summed E-state index contributed by atoms with van der Waals surface area (Å²) in [4.78, 5) is 25.8. The molecule has 11 atom stereocenters. The minimum Gasteiger partial charge on any atom is -0.462 e. The third-order valence-corrected chi connectivity index (χ3v) is 13.1. The zero-order valence-corrected chi connectivity index (χ0v) is 43.3. The lowest BCUT2D eigenvalue weighted by molar-refractivity contribution is -0.332. The Morgan fingerprint density at radius 1 is 0.457 bits per heavy atom. The van der Waals surface area contributed by atoms with Crippen molar-refractivity contribution in [1.82, 2.24) is 0 Å². The van der Waals surface area contributed by atoms with Crippen molar-refractivity contribution in [2.45, 2.75) is 274 Å². The third kappa shape index (κ3) is 29.4. The molecule has 70 heavy (non-hydrogen) atoms. The van der Waals surface area contributed by atoms with Crippen molar-refractivity contribution in [3.05, 3.63) is 36.5 Å². The van der Waals surface area contributed by atoms with Crippen LogP contribution in [-0.2, 0) is 38.0 Å². The second kappa shape index (κ2) is 42.1. The van der Waals surface area contributed by atoms with Crippen LogP contribution in [0.1, 0.15) is 206 Å². The maximum Gasteiger partial charge on any atom is 0.306 e. The van der Waals surface area contributed by atoms with E-state index in [-0.39, 0.29) is 26.1 Å². The maximum absolute atomic E-state index is 13.0. The molecular formula is C55H98O15. The smallest absolute Gasteiger partial charge is 0.306 e. The van der Waals surface area contributed by atoms with Crippen molar-refractivity contribution in [1.29, 1.82) is 0 Å². The normalized spacial score (nSPS) is 25.6. The molecule has 408 valence electrons. The van der Waals surface area contributed by atoms with Gasteiger partial charge in [-0.2, -0.15) is 0 Å². The fourth-order valence-corrected chi connectivity index (χ4v) is 8.54. The van der Waals surface area contributed by atoms with Gasteiger partial charge in [-0.15, -0.1) is 0 Å². The Labute approximate surface area is 421 Å². The van der Waals surface area contributed by atoms with Gasteiger partial charge in [0.25, 0.3) is 0 Å². The maximum atomic E-state index is 13.0. The molecule has 0 amide bonds. The Kier molecular flexibility index (Phi) is 38.4. The van der Waals surface area contributed by atoms with Gasteiger partial charge in [-0.05, 0) is 70.6 Å². The highest BCUT2D eigenvalue weighted by atomic mass is 16.7. The largest absolute Gasteiger partial charge is 0.462 e. The number of aliphatic hydroxyl groups excluding tert-OH is 7. The topological polar surface area (TPSA) is 231 Å². The number of carbonyl (C=O) groups excluding carboxylic acids is 2. The predicted octanol–water partition coefficient (Wildman–Crippen LogP) is 8.49. The summed E-state index contributed by atoms with van der Waals surface area (Å²) in [5.41, 5.74) is 0. The highest BCUT2D eigenvalue weighted by molar-refractivity contribution is 5.70.